The van der Waals surface area contributed by atoms with Gasteiger partial charge in [0.2, 0.25) is 0 Å². The highest BCUT2D eigenvalue weighted by Gasteiger charge is 2.23. The molecule has 0 aliphatic rings. The molecule has 16 heavy (non-hydrogen) atoms. The molecular formula is C12H16FNO2. The average molecular weight is 225 g/mol. The number of carboxylic acids is 1. The number of aliphatic carboxylic acids is 1. The third-order valence-electron chi connectivity index (χ3n) is 2.41. The Hall–Kier alpha value is -1.42. The standard InChI is InChI=1S/C12H16FNO2/c1-12(2,13)9-6-4-3-5-8(9)7-10(14)11(15)16/h3-6,10H,7,14H2,1-2H3,(H,15,16)/t10-/m0/s1. The molecule has 0 aromatic heterocycles. The summed E-state index contributed by atoms with van der Waals surface area (Å²) in [5.41, 5.74) is 5.08. The summed E-state index contributed by atoms with van der Waals surface area (Å²) in [6, 6.07) is 5.85. The van der Waals surface area contributed by atoms with Crippen molar-refractivity contribution in [3.63, 3.8) is 0 Å². The monoisotopic (exact) mass is 225 g/mol. The first kappa shape index (κ1) is 12.6. The van der Waals surface area contributed by atoms with Crippen LogP contribution >= 0.6 is 0 Å². The summed E-state index contributed by atoms with van der Waals surface area (Å²) < 4.78 is 13.8. The number of hydrogen-bond acceptors (Lipinski definition) is 2. The van der Waals surface area contributed by atoms with Crippen molar-refractivity contribution < 1.29 is 14.3 Å². The molecule has 3 nitrogen and oxygen atoms in total. The molecule has 0 saturated carbocycles. The van der Waals surface area contributed by atoms with Gasteiger partial charge in [-0.25, -0.2) is 4.39 Å². The van der Waals surface area contributed by atoms with Crippen LogP contribution in [-0.2, 0) is 16.9 Å². The van der Waals surface area contributed by atoms with Gasteiger partial charge < -0.3 is 10.8 Å². The first-order valence-electron chi connectivity index (χ1n) is 5.08. The second-order valence-electron chi connectivity index (χ2n) is 4.28. The average Bonchev–Trinajstić information content (AvgIpc) is 2.16. The summed E-state index contributed by atoms with van der Waals surface area (Å²) in [7, 11) is 0. The van der Waals surface area contributed by atoms with Crippen molar-refractivity contribution in [3.8, 4) is 0 Å². The van der Waals surface area contributed by atoms with Crippen molar-refractivity contribution in [1.82, 2.24) is 0 Å². The number of carboxylic acid groups (broad SMARTS) is 1. The Bertz CT molecular complexity index is 385. The highest BCUT2D eigenvalue weighted by Crippen LogP contribution is 2.28. The Kier molecular flexibility index (Phi) is 3.65. The van der Waals surface area contributed by atoms with Crippen molar-refractivity contribution in [2.75, 3.05) is 0 Å². The summed E-state index contributed by atoms with van der Waals surface area (Å²) >= 11 is 0. The fraction of sp³-hybridized carbons (Fsp3) is 0.417. The molecule has 1 rings (SSSR count). The molecule has 0 saturated heterocycles. The van der Waals surface area contributed by atoms with Crippen LogP contribution in [0.5, 0.6) is 0 Å². The maximum absolute atomic E-state index is 13.8. The van der Waals surface area contributed by atoms with E-state index in [9.17, 15) is 9.18 Å². The smallest absolute Gasteiger partial charge is 0.320 e. The Morgan fingerprint density at radius 1 is 1.50 bits per heavy atom. The number of nitrogens with two attached hydrogens (primary N) is 1. The highest BCUT2D eigenvalue weighted by atomic mass is 19.1. The lowest BCUT2D eigenvalue weighted by molar-refractivity contribution is -0.138. The van der Waals surface area contributed by atoms with Crippen LogP contribution in [0, 0.1) is 0 Å². The molecule has 88 valence electrons. The topological polar surface area (TPSA) is 63.3 Å². The van der Waals surface area contributed by atoms with E-state index < -0.39 is 17.7 Å². The number of benzene rings is 1. The molecule has 3 N–H and O–H groups in total. The minimum atomic E-state index is -1.49. The van der Waals surface area contributed by atoms with Crippen molar-refractivity contribution in [2.45, 2.75) is 32.0 Å². The van der Waals surface area contributed by atoms with Gasteiger partial charge in [-0.05, 0) is 31.4 Å². The van der Waals surface area contributed by atoms with Gasteiger partial charge in [0.05, 0.1) is 0 Å². The van der Waals surface area contributed by atoms with Gasteiger partial charge in [0.25, 0.3) is 0 Å². The second kappa shape index (κ2) is 4.61. The SMILES string of the molecule is CC(C)(F)c1ccccc1C[C@H](N)C(=O)O. The maximum Gasteiger partial charge on any atom is 0.320 e. The number of hydrogen-bond donors (Lipinski definition) is 2. The number of rotatable bonds is 4. The van der Waals surface area contributed by atoms with Crippen LogP contribution < -0.4 is 5.73 Å². The lowest BCUT2D eigenvalue weighted by Gasteiger charge is -2.20. The van der Waals surface area contributed by atoms with E-state index in [0.717, 1.165) is 0 Å². The first-order valence-corrected chi connectivity index (χ1v) is 5.08. The largest absolute Gasteiger partial charge is 0.480 e. The molecule has 0 spiro atoms. The van der Waals surface area contributed by atoms with E-state index in [1.807, 2.05) is 0 Å². The van der Waals surface area contributed by atoms with Crippen LogP contribution in [0.1, 0.15) is 25.0 Å². The highest BCUT2D eigenvalue weighted by molar-refractivity contribution is 5.73. The van der Waals surface area contributed by atoms with Crippen LogP contribution in [-0.4, -0.2) is 17.1 Å². The zero-order chi connectivity index (χ0) is 12.3. The molecule has 1 aromatic rings. The molecule has 0 radical (unpaired) electrons. The van der Waals surface area contributed by atoms with Gasteiger partial charge >= 0.3 is 5.97 Å². The van der Waals surface area contributed by atoms with Gasteiger partial charge in [-0.15, -0.1) is 0 Å². The van der Waals surface area contributed by atoms with Crippen LogP contribution in [0.15, 0.2) is 24.3 Å². The van der Waals surface area contributed by atoms with Gasteiger partial charge in [0, 0.05) is 0 Å². The minimum Gasteiger partial charge on any atom is -0.480 e. The van der Waals surface area contributed by atoms with E-state index in [-0.39, 0.29) is 6.42 Å². The van der Waals surface area contributed by atoms with Crippen molar-refractivity contribution in [3.05, 3.63) is 35.4 Å². The van der Waals surface area contributed by atoms with Crippen molar-refractivity contribution in [2.24, 2.45) is 5.73 Å². The van der Waals surface area contributed by atoms with Crippen LogP contribution in [0.4, 0.5) is 4.39 Å². The molecule has 0 bridgehead atoms. The van der Waals surface area contributed by atoms with E-state index in [1.165, 1.54) is 13.8 Å². The zero-order valence-corrected chi connectivity index (χ0v) is 9.40. The summed E-state index contributed by atoms with van der Waals surface area (Å²) in [4.78, 5) is 10.6. The van der Waals surface area contributed by atoms with Crippen LogP contribution in [0.25, 0.3) is 0 Å². The lowest BCUT2D eigenvalue weighted by Crippen LogP contribution is -2.33. The summed E-state index contributed by atoms with van der Waals surface area (Å²) in [6.45, 7) is 2.89. The van der Waals surface area contributed by atoms with Gasteiger partial charge in [-0.1, -0.05) is 24.3 Å². The second-order valence-corrected chi connectivity index (χ2v) is 4.28. The molecule has 0 aliphatic heterocycles. The predicted octanol–water partition coefficient (Wildman–Crippen LogP) is 1.85. The van der Waals surface area contributed by atoms with Crippen LogP contribution in [0.2, 0.25) is 0 Å². The van der Waals surface area contributed by atoms with Crippen molar-refractivity contribution in [1.29, 1.82) is 0 Å². The third kappa shape index (κ3) is 3.03. The van der Waals surface area contributed by atoms with E-state index >= 15 is 0 Å². The Labute approximate surface area is 94.1 Å². The number of carbonyl (C=O) groups is 1. The third-order valence-corrected chi connectivity index (χ3v) is 2.41. The number of alkyl halides is 1. The number of halogens is 1. The lowest BCUT2D eigenvalue weighted by atomic mass is 9.91. The fourth-order valence-electron chi connectivity index (χ4n) is 1.60. The quantitative estimate of drug-likeness (QED) is 0.821. The van der Waals surface area contributed by atoms with E-state index in [0.29, 0.717) is 11.1 Å². The molecule has 1 aromatic carbocycles. The van der Waals surface area contributed by atoms with Gasteiger partial charge in [-0.2, -0.15) is 0 Å². The van der Waals surface area contributed by atoms with E-state index in [2.05, 4.69) is 0 Å². The Balaban J connectivity index is 3.01. The van der Waals surface area contributed by atoms with Crippen LogP contribution in [0.3, 0.4) is 0 Å². The summed E-state index contributed by atoms with van der Waals surface area (Å²) in [5, 5.41) is 8.72. The molecule has 0 heterocycles. The normalized spacial score (nSPS) is 13.5. The van der Waals surface area contributed by atoms with Gasteiger partial charge in [-0.3, -0.25) is 4.79 Å². The minimum absolute atomic E-state index is 0.138. The van der Waals surface area contributed by atoms with E-state index in [4.69, 9.17) is 10.8 Å². The molecule has 0 fully saturated rings. The Morgan fingerprint density at radius 3 is 2.56 bits per heavy atom. The molecule has 4 heteroatoms. The Morgan fingerprint density at radius 2 is 2.06 bits per heavy atom. The molecular weight excluding hydrogens is 209 g/mol. The fourth-order valence-corrected chi connectivity index (χ4v) is 1.60. The molecule has 0 amide bonds. The molecule has 0 unspecified atom stereocenters. The van der Waals surface area contributed by atoms with Gasteiger partial charge in [0.1, 0.15) is 11.7 Å². The van der Waals surface area contributed by atoms with E-state index in [1.54, 1.807) is 24.3 Å². The summed E-state index contributed by atoms with van der Waals surface area (Å²) in [6.07, 6.45) is 0.138. The predicted molar refractivity (Wildman–Crippen MR) is 59.9 cm³/mol. The summed E-state index contributed by atoms with van der Waals surface area (Å²) in [5.74, 6) is -1.08. The molecule has 0 aliphatic carbocycles. The molecule has 1 atom stereocenters. The van der Waals surface area contributed by atoms with Gasteiger partial charge in [0.15, 0.2) is 0 Å². The first-order chi connectivity index (χ1) is 7.32. The van der Waals surface area contributed by atoms with Crippen molar-refractivity contribution >= 4 is 5.97 Å². The maximum atomic E-state index is 13.8. The zero-order valence-electron chi connectivity index (χ0n) is 9.40.